The molecule has 1 aliphatic rings. The molecule has 0 spiro atoms. The molecule has 1 saturated heterocycles. The van der Waals surface area contributed by atoms with Crippen LogP contribution in [0.1, 0.15) is 29.3 Å². The van der Waals surface area contributed by atoms with E-state index in [9.17, 15) is 18.8 Å². The lowest BCUT2D eigenvalue weighted by Gasteiger charge is -2.21. The number of rotatable bonds is 8. The third-order valence-corrected chi connectivity index (χ3v) is 5.18. The predicted molar refractivity (Wildman–Crippen MR) is 107 cm³/mol. The highest BCUT2D eigenvalue weighted by Crippen LogP contribution is 2.26. The molecule has 0 aromatic heterocycles. The van der Waals surface area contributed by atoms with Crippen LogP contribution in [-0.2, 0) is 11.2 Å². The molecule has 3 amide bonds. The minimum absolute atomic E-state index is 0.0232. The van der Waals surface area contributed by atoms with E-state index in [2.05, 4.69) is 5.32 Å². The number of nitrogens with one attached hydrogen (secondary N) is 1. The monoisotopic (exact) mass is 414 g/mol. The van der Waals surface area contributed by atoms with Gasteiger partial charge in [-0.1, -0.05) is 12.1 Å². The molecule has 7 nitrogen and oxygen atoms in total. The fourth-order valence-electron chi connectivity index (χ4n) is 3.37. The van der Waals surface area contributed by atoms with Crippen molar-refractivity contribution in [2.45, 2.75) is 25.3 Å². The van der Waals surface area contributed by atoms with Gasteiger partial charge in [-0.3, -0.25) is 14.5 Å². The number of amides is 3. The van der Waals surface area contributed by atoms with Crippen LogP contribution in [0, 0.1) is 5.82 Å². The molecule has 158 valence electrons. The Labute approximate surface area is 173 Å². The lowest BCUT2D eigenvalue weighted by Crippen LogP contribution is -2.44. The molecule has 1 atom stereocenters. The minimum atomic E-state index is -1.14. The van der Waals surface area contributed by atoms with Crippen molar-refractivity contribution in [3.8, 4) is 11.5 Å². The largest absolute Gasteiger partial charge is 0.497 e. The van der Waals surface area contributed by atoms with E-state index in [1.807, 2.05) is 24.3 Å². The molecule has 0 saturated carbocycles. The minimum Gasteiger partial charge on any atom is -0.497 e. The van der Waals surface area contributed by atoms with E-state index < -0.39 is 35.6 Å². The number of aryl methyl sites for hydroxylation is 1. The third-order valence-electron chi connectivity index (χ3n) is 5.18. The maximum absolute atomic E-state index is 13.6. The summed E-state index contributed by atoms with van der Waals surface area (Å²) in [5.74, 6) is -0.789. The summed E-state index contributed by atoms with van der Waals surface area (Å²) in [6, 6.07) is 10.3. The molecule has 3 rings (SSSR count). The number of benzene rings is 2. The number of hydrogen-bond acceptors (Lipinski definition) is 5. The van der Waals surface area contributed by atoms with Crippen LogP contribution in [0.5, 0.6) is 11.5 Å². The second-order valence-corrected chi connectivity index (χ2v) is 7.27. The number of ether oxygens (including phenoxy) is 2. The highest BCUT2D eigenvalue weighted by molar-refractivity contribution is 6.11. The number of carbonyl (C=O) groups excluding carboxylic acids is 3. The Kier molecular flexibility index (Phi) is 6.05. The number of imide groups is 1. The second-order valence-electron chi connectivity index (χ2n) is 7.27. The van der Waals surface area contributed by atoms with Gasteiger partial charge in [0.05, 0.1) is 26.3 Å². The smallest absolute Gasteiger partial charge is 0.325 e. The van der Waals surface area contributed by atoms with Crippen LogP contribution in [0.25, 0.3) is 0 Å². The van der Waals surface area contributed by atoms with Crippen LogP contribution in [0.2, 0.25) is 0 Å². The normalized spacial score (nSPS) is 18.3. The molecule has 30 heavy (non-hydrogen) atoms. The van der Waals surface area contributed by atoms with Gasteiger partial charge in [-0.15, -0.1) is 0 Å². The zero-order valence-electron chi connectivity index (χ0n) is 17.0. The van der Waals surface area contributed by atoms with Crippen LogP contribution in [-0.4, -0.2) is 48.9 Å². The van der Waals surface area contributed by atoms with E-state index in [0.29, 0.717) is 12.8 Å². The molecular weight excluding hydrogens is 391 g/mol. The number of methoxy groups -OCH3 is 2. The Morgan fingerprint density at radius 1 is 1.10 bits per heavy atom. The molecule has 2 aromatic rings. The van der Waals surface area contributed by atoms with Gasteiger partial charge in [0.15, 0.2) is 5.78 Å². The second kappa shape index (κ2) is 8.52. The number of nitrogens with zero attached hydrogens (tertiary/aromatic N) is 1. The Balaban J connectivity index is 1.70. The van der Waals surface area contributed by atoms with Gasteiger partial charge in [0.2, 0.25) is 0 Å². The zero-order chi connectivity index (χ0) is 21.9. The van der Waals surface area contributed by atoms with Crippen LogP contribution >= 0.6 is 0 Å². The van der Waals surface area contributed by atoms with E-state index in [1.165, 1.54) is 19.2 Å². The first-order chi connectivity index (χ1) is 14.3. The van der Waals surface area contributed by atoms with E-state index in [1.54, 1.807) is 14.0 Å². The topological polar surface area (TPSA) is 84.9 Å². The molecule has 0 bridgehead atoms. The standard InChI is InChI=1S/C22H23FN2O5/c1-22(11-10-14-4-7-16(29-2)8-5-14)20(27)25(21(28)24-22)13-18(26)17-12-15(23)6-9-19(17)30-3/h4-9,12H,10-11,13H2,1-3H3,(H,24,28)/t22-/m0/s1. The fraction of sp³-hybridized carbons (Fsp3) is 0.318. The maximum atomic E-state index is 13.6. The van der Waals surface area contributed by atoms with Gasteiger partial charge in [0.1, 0.15) is 22.9 Å². The zero-order valence-corrected chi connectivity index (χ0v) is 17.0. The number of ketones is 1. The fourth-order valence-corrected chi connectivity index (χ4v) is 3.37. The molecule has 2 aromatic carbocycles. The first-order valence-corrected chi connectivity index (χ1v) is 9.41. The molecule has 0 radical (unpaired) electrons. The van der Waals surface area contributed by atoms with Crippen LogP contribution < -0.4 is 14.8 Å². The maximum Gasteiger partial charge on any atom is 0.325 e. The summed E-state index contributed by atoms with van der Waals surface area (Å²) in [4.78, 5) is 38.8. The molecular formula is C22H23FN2O5. The summed E-state index contributed by atoms with van der Waals surface area (Å²) in [5, 5.41) is 2.67. The van der Waals surface area contributed by atoms with Gasteiger partial charge in [-0.2, -0.15) is 0 Å². The van der Waals surface area contributed by atoms with Crippen molar-refractivity contribution >= 4 is 17.7 Å². The van der Waals surface area contributed by atoms with Crippen molar-refractivity contribution in [1.29, 1.82) is 0 Å². The molecule has 1 heterocycles. The van der Waals surface area contributed by atoms with Crippen LogP contribution in [0.15, 0.2) is 42.5 Å². The van der Waals surface area contributed by atoms with Gasteiger partial charge in [-0.25, -0.2) is 9.18 Å². The first kappa shape index (κ1) is 21.3. The van der Waals surface area contributed by atoms with Gasteiger partial charge in [0, 0.05) is 0 Å². The molecule has 0 unspecified atom stereocenters. The number of urea groups is 1. The van der Waals surface area contributed by atoms with Crippen molar-refractivity contribution in [2.75, 3.05) is 20.8 Å². The lowest BCUT2D eigenvalue weighted by molar-refractivity contribution is -0.130. The SMILES string of the molecule is COc1ccc(CC[C@]2(C)NC(=O)N(CC(=O)c3cc(F)ccc3OC)C2=O)cc1. The van der Waals surface area contributed by atoms with E-state index in [-0.39, 0.29) is 11.3 Å². The predicted octanol–water partition coefficient (Wildman–Crippen LogP) is 2.97. The Hall–Kier alpha value is -3.42. The lowest BCUT2D eigenvalue weighted by atomic mass is 9.93. The van der Waals surface area contributed by atoms with Gasteiger partial charge in [-0.05, 0) is 55.7 Å². The van der Waals surface area contributed by atoms with Crippen molar-refractivity contribution in [1.82, 2.24) is 10.2 Å². The van der Waals surface area contributed by atoms with E-state index >= 15 is 0 Å². The highest BCUT2D eigenvalue weighted by atomic mass is 19.1. The summed E-state index contributed by atoms with van der Waals surface area (Å²) in [6.45, 7) is 1.13. The third kappa shape index (κ3) is 4.27. The van der Waals surface area contributed by atoms with Crippen molar-refractivity contribution in [2.24, 2.45) is 0 Å². The first-order valence-electron chi connectivity index (χ1n) is 9.41. The summed E-state index contributed by atoms with van der Waals surface area (Å²) >= 11 is 0. The van der Waals surface area contributed by atoms with E-state index in [0.717, 1.165) is 22.3 Å². The quantitative estimate of drug-likeness (QED) is 0.530. The van der Waals surface area contributed by atoms with Gasteiger partial charge in [0.25, 0.3) is 5.91 Å². The number of Topliss-reactive ketones (excluding diaryl/α,β-unsaturated/α-hetero) is 1. The summed E-state index contributed by atoms with van der Waals surface area (Å²) in [5.41, 5.74) is -0.174. The molecule has 0 aliphatic carbocycles. The Morgan fingerprint density at radius 2 is 1.80 bits per heavy atom. The van der Waals surface area contributed by atoms with Crippen molar-refractivity contribution < 1.29 is 28.2 Å². The molecule has 8 heteroatoms. The number of carbonyl (C=O) groups is 3. The average molecular weight is 414 g/mol. The molecule has 1 N–H and O–H groups in total. The summed E-state index contributed by atoms with van der Waals surface area (Å²) in [7, 11) is 2.94. The molecule has 1 fully saturated rings. The number of halogens is 1. The summed E-state index contributed by atoms with van der Waals surface area (Å²) in [6.07, 6.45) is 0.907. The number of hydrogen-bond donors (Lipinski definition) is 1. The van der Waals surface area contributed by atoms with Crippen molar-refractivity contribution in [3.63, 3.8) is 0 Å². The van der Waals surface area contributed by atoms with Gasteiger partial charge >= 0.3 is 6.03 Å². The van der Waals surface area contributed by atoms with Crippen LogP contribution in [0.3, 0.4) is 0 Å². The van der Waals surface area contributed by atoms with E-state index in [4.69, 9.17) is 9.47 Å². The van der Waals surface area contributed by atoms with Crippen LogP contribution in [0.4, 0.5) is 9.18 Å². The highest BCUT2D eigenvalue weighted by Gasteiger charge is 2.48. The Bertz CT molecular complexity index is 976. The van der Waals surface area contributed by atoms with Gasteiger partial charge < -0.3 is 14.8 Å². The average Bonchev–Trinajstić information content (AvgIpc) is 2.95. The van der Waals surface area contributed by atoms with Crippen molar-refractivity contribution in [3.05, 3.63) is 59.4 Å². The molecule has 1 aliphatic heterocycles. The Morgan fingerprint density at radius 3 is 2.43 bits per heavy atom. The summed E-state index contributed by atoms with van der Waals surface area (Å²) < 4.78 is 23.8.